The van der Waals surface area contributed by atoms with E-state index in [0.29, 0.717) is 18.1 Å². The highest BCUT2D eigenvalue weighted by molar-refractivity contribution is 7.09. The SMILES string of the molecule is Cc1nc2ccccc2n1Cc1csc(CNC(=O)C(O)C(O)C(=O)N2CCCC2c2cccc(N(C)C)c2)n1. The fraction of sp³-hybridized carbons (Fsp3) is 0.379. The molecule has 3 heterocycles. The number of rotatable bonds is 9. The second kappa shape index (κ2) is 11.7. The third-order valence-corrected chi connectivity index (χ3v) is 8.20. The number of aliphatic hydroxyl groups is 2. The Labute approximate surface area is 236 Å². The molecule has 10 nitrogen and oxygen atoms in total. The number of hydrogen-bond acceptors (Lipinski definition) is 8. The van der Waals surface area contributed by atoms with Gasteiger partial charge in [-0.25, -0.2) is 9.97 Å². The van der Waals surface area contributed by atoms with Crippen molar-refractivity contribution in [3.8, 4) is 0 Å². The van der Waals surface area contributed by atoms with Gasteiger partial charge in [0.25, 0.3) is 11.8 Å². The van der Waals surface area contributed by atoms with Crippen LogP contribution in [0.25, 0.3) is 11.0 Å². The van der Waals surface area contributed by atoms with E-state index in [-0.39, 0.29) is 12.6 Å². The molecule has 3 atom stereocenters. The van der Waals surface area contributed by atoms with Crippen LogP contribution >= 0.6 is 11.3 Å². The highest BCUT2D eigenvalue weighted by Crippen LogP contribution is 2.34. The van der Waals surface area contributed by atoms with Gasteiger partial charge in [0.1, 0.15) is 10.8 Å². The molecule has 0 radical (unpaired) electrons. The maximum absolute atomic E-state index is 13.2. The van der Waals surface area contributed by atoms with Crippen LogP contribution in [0.4, 0.5) is 5.69 Å². The van der Waals surface area contributed by atoms with Gasteiger partial charge < -0.3 is 29.9 Å². The van der Waals surface area contributed by atoms with Gasteiger partial charge in [-0.1, -0.05) is 24.3 Å². The van der Waals surface area contributed by atoms with Crippen molar-refractivity contribution in [2.75, 3.05) is 25.5 Å². The summed E-state index contributed by atoms with van der Waals surface area (Å²) in [4.78, 5) is 38.6. The van der Waals surface area contributed by atoms with Crippen LogP contribution in [0.1, 0.15) is 41.0 Å². The van der Waals surface area contributed by atoms with Crippen molar-refractivity contribution in [2.24, 2.45) is 0 Å². The highest BCUT2D eigenvalue weighted by Gasteiger charge is 2.38. The van der Waals surface area contributed by atoms with Crippen LogP contribution in [0.5, 0.6) is 0 Å². The van der Waals surface area contributed by atoms with Gasteiger partial charge >= 0.3 is 0 Å². The van der Waals surface area contributed by atoms with Crippen LogP contribution < -0.4 is 10.2 Å². The second-order valence-electron chi connectivity index (χ2n) is 10.3. The lowest BCUT2D eigenvalue weighted by Gasteiger charge is -2.29. The van der Waals surface area contributed by atoms with Crippen molar-refractivity contribution >= 4 is 39.9 Å². The largest absolute Gasteiger partial charge is 0.380 e. The molecule has 11 heteroatoms. The van der Waals surface area contributed by atoms with E-state index in [1.165, 1.54) is 11.3 Å². The average Bonchev–Trinajstić information content (AvgIpc) is 3.70. The third kappa shape index (κ3) is 5.72. The fourth-order valence-electron chi connectivity index (χ4n) is 5.16. The minimum absolute atomic E-state index is 0.0782. The Morgan fingerprint density at radius 1 is 1.12 bits per heavy atom. The fourth-order valence-corrected chi connectivity index (χ4v) is 5.89. The molecule has 1 saturated heterocycles. The molecule has 3 unspecified atom stereocenters. The number of amides is 2. The Kier molecular flexibility index (Phi) is 8.15. The molecular weight excluding hydrogens is 528 g/mol. The lowest BCUT2D eigenvalue weighted by atomic mass is 10.0. The number of carbonyl (C=O) groups is 2. The van der Waals surface area contributed by atoms with E-state index in [1.807, 2.05) is 79.8 Å². The molecule has 1 fully saturated rings. The number of carbonyl (C=O) groups excluding carboxylic acids is 2. The lowest BCUT2D eigenvalue weighted by molar-refractivity contribution is -0.153. The predicted molar refractivity (Wildman–Crippen MR) is 154 cm³/mol. The van der Waals surface area contributed by atoms with Crippen LogP contribution in [0.3, 0.4) is 0 Å². The number of aromatic nitrogens is 3. The molecule has 3 N–H and O–H groups in total. The van der Waals surface area contributed by atoms with Gasteiger partial charge in [0.05, 0.1) is 35.9 Å². The van der Waals surface area contributed by atoms with E-state index in [2.05, 4.69) is 19.9 Å². The van der Waals surface area contributed by atoms with Crippen molar-refractivity contribution in [2.45, 2.75) is 51.1 Å². The summed E-state index contributed by atoms with van der Waals surface area (Å²) in [5.74, 6) is -0.587. The highest BCUT2D eigenvalue weighted by atomic mass is 32.1. The third-order valence-electron chi connectivity index (χ3n) is 7.31. The van der Waals surface area contributed by atoms with Gasteiger partial charge in [0.15, 0.2) is 12.2 Å². The van der Waals surface area contributed by atoms with Gasteiger partial charge in [-0.2, -0.15) is 0 Å². The number of aliphatic hydroxyl groups excluding tert-OH is 2. The van der Waals surface area contributed by atoms with Crippen molar-refractivity contribution in [3.05, 3.63) is 76.0 Å². The van der Waals surface area contributed by atoms with E-state index in [4.69, 9.17) is 0 Å². The predicted octanol–water partition coefficient (Wildman–Crippen LogP) is 2.62. The Balaban J connectivity index is 1.18. The summed E-state index contributed by atoms with van der Waals surface area (Å²) in [7, 11) is 3.90. The molecule has 0 aliphatic carbocycles. The van der Waals surface area contributed by atoms with Crippen LogP contribution in [0.2, 0.25) is 0 Å². The Bertz CT molecular complexity index is 1520. The zero-order valence-corrected chi connectivity index (χ0v) is 23.6. The number of thiazole rings is 1. The zero-order valence-electron chi connectivity index (χ0n) is 22.8. The molecule has 0 spiro atoms. The number of nitrogens with one attached hydrogen (secondary N) is 1. The minimum Gasteiger partial charge on any atom is -0.380 e. The summed E-state index contributed by atoms with van der Waals surface area (Å²) < 4.78 is 2.08. The average molecular weight is 563 g/mol. The zero-order chi connectivity index (χ0) is 28.4. The molecule has 2 aromatic heterocycles. The number of aryl methyl sites for hydroxylation is 1. The van der Waals surface area contributed by atoms with Gasteiger partial charge in [-0.15, -0.1) is 11.3 Å². The summed E-state index contributed by atoms with van der Waals surface area (Å²) >= 11 is 1.39. The normalized spacial score (nSPS) is 16.7. The van der Waals surface area contributed by atoms with Crippen LogP contribution in [-0.4, -0.2) is 74.3 Å². The van der Waals surface area contributed by atoms with E-state index in [9.17, 15) is 19.8 Å². The van der Waals surface area contributed by atoms with Crippen molar-refractivity contribution in [1.82, 2.24) is 24.8 Å². The number of anilines is 1. The van der Waals surface area contributed by atoms with Gasteiger partial charge in [0.2, 0.25) is 0 Å². The second-order valence-corrected chi connectivity index (χ2v) is 11.2. The maximum Gasteiger partial charge on any atom is 0.255 e. The maximum atomic E-state index is 13.2. The molecule has 2 aromatic carbocycles. The molecule has 5 rings (SSSR count). The monoisotopic (exact) mass is 562 g/mol. The summed E-state index contributed by atoms with van der Waals surface area (Å²) in [6.45, 7) is 3.03. The molecule has 2 amide bonds. The summed E-state index contributed by atoms with van der Waals surface area (Å²) in [5, 5.41) is 26.4. The first-order valence-corrected chi connectivity index (χ1v) is 14.2. The molecule has 1 aliphatic heterocycles. The van der Waals surface area contributed by atoms with Crippen LogP contribution in [-0.2, 0) is 22.7 Å². The van der Waals surface area contributed by atoms with Gasteiger partial charge in [-0.3, -0.25) is 9.59 Å². The molecule has 40 heavy (non-hydrogen) atoms. The molecular formula is C29H34N6O4S. The molecule has 4 aromatic rings. The van der Waals surface area contributed by atoms with Crippen LogP contribution in [0.15, 0.2) is 53.9 Å². The standard InChI is InChI=1S/C29H34N6O4S/c1-18-31-22-10-4-5-11-24(22)35(18)16-20-17-40-25(32-20)15-30-28(38)26(36)27(37)29(39)34-13-7-12-23(34)19-8-6-9-21(14-19)33(2)3/h4-6,8-11,14,17,23,26-27,36-37H,7,12-13,15-16H2,1-3H3,(H,30,38). The Hall–Kier alpha value is -3.80. The topological polar surface area (TPSA) is 124 Å². The van der Waals surface area contributed by atoms with E-state index < -0.39 is 24.0 Å². The van der Waals surface area contributed by atoms with Gasteiger partial charge in [-0.05, 0) is 49.6 Å². The molecule has 0 bridgehead atoms. The number of benzene rings is 2. The first-order valence-electron chi connectivity index (χ1n) is 13.3. The lowest BCUT2D eigenvalue weighted by Crippen LogP contribution is -2.50. The number of fused-ring (bicyclic) bond motifs is 1. The van der Waals surface area contributed by atoms with Crippen molar-refractivity contribution < 1.29 is 19.8 Å². The number of hydrogen-bond donors (Lipinski definition) is 3. The first kappa shape index (κ1) is 27.8. The van der Waals surface area contributed by atoms with E-state index in [0.717, 1.165) is 46.6 Å². The molecule has 1 aliphatic rings. The van der Waals surface area contributed by atoms with E-state index >= 15 is 0 Å². The number of imidazole rings is 1. The van der Waals surface area contributed by atoms with Crippen molar-refractivity contribution in [3.63, 3.8) is 0 Å². The summed E-state index contributed by atoms with van der Waals surface area (Å²) in [5.41, 5.74) is 4.74. The first-order chi connectivity index (χ1) is 19.2. The van der Waals surface area contributed by atoms with Gasteiger partial charge in [0, 0.05) is 31.7 Å². The molecule has 0 saturated carbocycles. The Morgan fingerprint density at radius 3 is 2.73 bits per heavy atom. The quantitative estimate of drug-likeness (QED) is 0.287. The van der Waals surface area contributed by atoms with Crippen LogP contribution in [0, 0.1) is 6.92 Å². The molecule has 210 valence electrons. The number of para-hydroxylation sites is 2. The number of nitrogens with zero attached hydrogens (tertiary/aromatic N) is 5. The minimum atomic E-state index is -1.89. The number of likely N-dealkylation sites (tertiary alicyclic amines) is 1. The van der Waals surface area contributed by atoms with Crippen molar-refractivity contribution in [1.29, 1.82) is 0 Å². The smallest absolute Gasteiger partial charge is 0.255 e. The summed E-state index contributed by atoms with van der Waals surface area (Å²) in [6, 6.07) is 15.6. The summed E-state index contributed by atoms with van der Waals surface area (Å²) in [6.07, 6.45) is -2.22. The van der Waals surface area contributed by atoms with E-state index in [1.54, 1.807) is 4.90 Å². The Morgan fingerprint density at radius 2 is 1.93 bits per heavy atom.